The molecule has 0 N–H and O–H groups in total. The molecule has 1 heterocycles. The molecule has 0 radical (unpaired) electrons. The Balaban J connectivity index is 2.23. The number of guanidine groups is 1. The Kier molecular flexibility index (Phi) is 5.70. The van der Waals surface area contributed by atoms with Crippen LogP contribution in [0.2, 0.25) is 0 Å². The van der Waals surface area contributed by atoms with E-state index in [1.807, 2.05) is 0 Å². The van der Waals surface area contributed by atoms with Crippen LogP contribution in [0, 0.1) is 27.7 Å². The minimum atomic E-state index is -0.187. The van der Waals surface area contributed by atoms with Gasteiger partial charge in [-0.25, -0.2) is 0 Å². The molecule has 1 aliphatic rings. The molecule has 1 atom stereocenters. The van der Waals surface area contributed by atoms with E-state index >= 15 is 0 Å². The summed E-state index contributed by atoms with van der Waals surface area (Å²) in [5.74, 6) is 0.523. The number of hydrogen-bond donors (Lipinski definition) is 0. The van der Waals surface area contributed by atoms with Gasteiger partial charge in [0, 0.05) is 24.5 Å². The predicted octanol–water partition coefficient (Wildman–Crippen LogP) is 4.91. The molecule has 0 aromatic heterocycles. The number of rotatable bonds is 3. The van der Waals surface area contributed by atoms with E-state index in [4.69, 9.17) is 0 Å². The van der Waals surface area contributed by atoms with Gasteiger partial charge in [-0.15, -0.1) is 0 Å². The summed E-state index contributed by atoms with van der Waals surface area (Å²) in [4.78, 5) is 20.9. The van der Waals surface area contributed by atoms with Crippen LogP contribution < -0.4 is 9.80 Å². The number of anilines is 2. The molecule has 2 aromatic rings. The molecule has 4 nitrogen and oxygen atoms in total. The Hall–Kier alpha value is -2.14. The van der Waals surface area contributed by atoms with Gasteiger partial charge in [-0.3, -0.25) is 4.79 Å². The smallest absolute Gasteiger partial charge is 0.245 e. The Morgan fingerprint density at radius 3 is 1.93 bits per heavy atom. The summed E-state index contributed by atoms with van der Waals surface area (Å²) in [6.45, 7) is 10.7. The van der Waals surface area contributed by atoms with Gasteiger partial charge >= 0.3 is 0 Å². The number of benzene rings is 2. The summed E-state index contributed by atoms with van der Waals surface area (Å²) < 4.78 is 0. The molecule has 27 heavy (non-hydrogen) atoms. The van der Waals surface area contributed by atoms with Crippen LogP contribution in [0.4, 0.5) is 11.4 Å². The minimum Gasteiger partial charge on any atom is -0.309 e. The molecule has 0 spiro atoms. The van der Waals surface area contributed by atoms with Crippen molar-refractivity contribution in [1.29, 1.82) is 0 Å². The van der Waals surface area contributed by atoms with Crippen molar-refractivity contribution in [2.24, 2.45) is 4.99 Å². The van der Waals surface area contributed by atoms with Crippen LogP contribution in [-0.4, -0.2) is 29.8 Å². The fraction of sp³-hybridized carbons (Fsp3) is 0.364. The number of amides is 1. The molecule has 3 rings (SSSR count). The normalized spacial score (nSPS) is 18.4. The maximum atomic E-state index is 12.0. The van der Waals surface area contributed by atoms with Gasteiger partial charge in [0.1, 0.15) is 0 Å². The molecule has 0 aliphatic carbocycles. The number of aliphatic imine (C=N–C) groups is 1. The summed E-state index contributed by atoms with van der Waals surface area (Å²) in [5, 5.41) is 0.791. The first-order valence-electron chi connectivity index (χ1n) is 9.19. The zero-order chi connectivity index (χ0) is 19.7. The molecule has 142 valence electrons. The number of para-hydroxylation sites is 2. The third-order valence-electron chi connectivity index (χ3n) is 5.04. The Labute approximate surface area is 170 Å². The predicted molar refractivity (Wildman–Crippen MR) is 117 cm³/mol. The third-order valence-corrected chi connectivity index (χ3v) is 5.79. The first kappa shape index (κ1) is 19.6. The molecule has 2 aromatic carbocycles. The average Bonchev–Trinajstić information content (AvgIpc) is 2.92. The van der Waals surface area contributed by atoms with E-state index in [1.54, 1.807) is 0 Å². The van der Waals surface area contributed by atoms with Crippen LogP contribution in [0.5, 0.6) is 0 Å². The Bertz CT molecular complexity index is 866. The van der Waals surface area contributed by atoms with E-state index in [1.165, 1.54) is 29.2 Å². The third kappa shape index (κ3) is 3.65. The zero-order valence-corrected chi connectivity index (χ0v) is 18.2. The van der Waals surface area contributed by atoms with Gasteiger partial charge in [0.25, 0.3) is 0 Å². The van der Waals surface area contributed by atoms with Crippen molar-refractivity contribution in [3.63, 3.8) is 0 Å². The zero-order valence-electron chi connectivity index (χ0n) is 16.6. The number of hydrogen-bond acceptors (Lipinski definition) is 1. The lowest BCUT2D eigenvalue weighted by Gasteiger charge is -2.29. The van der Waals surface area contributed by atoms with Crippen molar-refractivity contribution in [2.45, 2.75) is 40.7 Å². The van der Waals surface area contributed by atoms with Crippen molar-refractivity contribution in [1.82, 2.24) is 0 Å². The summed E-state index contributed by atoms with van der Waals surface area (Å²) in [5.41, 5.74) is 7.00. The molecule has 1 saturated heterocycles. The van der Waals surface area contributed by atoms with Gasteiger partial charge in [-0.1, -0.05) is 52.3 Å². The molecule has 0 bridgehead atoms. The fourth-order valence-corrected chi connectivity index (χ4v) is 4.43. The standard InChI is InChI=1S/C22H26BrN3O/c1-14-8-6-9-15(2)20(14)25-13-19(12-23)26(22(25)24-18(5)27)21-16(3)10-7-11-17(21)4/h6-11,19H,12-13H2,1-5H3. The van der Waals surface area contributed by atoms with E-state index in [2.05, 4.69) is 94.8 Å². The second kappa shape index (κ2) is 7.85. The SMILES string of the molecule is CC(=O)N=C1N(c2c(C)cccc2C)CC(CBr)N1c1c(C)cccc1C. The van der Waals surface area contributed by atoms with Gasteiger partial charge in [0.15, 0.2) is 0 Å². The first-order valence-corrected chi connectivity index (χ1v) is 10.3. The molecule has 1 fully saturated rings. The van der Waals surface area contributed by atoms with Gasteiger partial charge in [0.2, 0.25) is 11.9 Å². The van der Waals surface area contributed by atoms with E-state index < -0.39 is 0 Å². The molecule has 1 unspecified atom stereocenters. The maximum absolute atomic E-state index is 12.0. The number of alkyl halides is 1. The number of halogens is 1. The van der Waals surface area contributed by atoms with Crippen molar-refractivity contribution < 1.29 is 4.79 Å². The van der Waals surface area contributed by atoms with Crippen LogP contribution in [0.15, 0.2) is 41.4 Å². The van der Waals surface area contributed by atoms with Gasteiger partial charge in [-0.2, -0.15) is 4.99 Å². The lowest BCUT2D eigenvalue weighted by Crippen LogP contribution is -2.39. The highest BCUT2D eigenvalue weighted by Gasteiger charge is 2.39. The van der Waals surface area contributed by atoms with Gasteiger partial charge in [-0.05, 0) is 49.9 Å². The van der Waals surface area contributed by atoms with Crippen LogP contribution in [-0.2, 0) is 4.79 Å². The second-order valence-electron chi connectivity index (χ2n) is 7.20. The molecule has 1 aliphatic heterocycles. The molecular weight excluding hydrogens is 402 g/mol. The maximum Gasteiger partial charge on any atom is 0.245 e. The number of aryl methyl sites for hydroxylation is 4. The topological polar surface area (TPSA) is 35.9 Å². The Morgan fingerprint density at radius 2 is 1.48 bits per heavy atom. The summed E-state index contributed by atoms with van der Waals surface area (Å²) in [6.07, 6.45) is 0. The monoisotopic (exact) mass is 427 g/mol. The van der Waals surface area contributed by atoms with E-state index in [0.717, 1.165) is 23.2 Å². The largest absolute Gasteiger partial charge is 0.309 e. The highest BCUT2D eigenvalue weighted by molar-refractivity contribution is 9.09. The van der Waals surface area contributed by atoms with Crippen LogP contribution in [0.3, 0.4) is 0 Å². The van der Waals surface area contributed by atoms with E-state index in [0.29, 0.717) is 5.96 Å². The van der Waals surface area contributed by atoms with Crippen LogP contribution in [0.25, 0.3) is 0 Å². The lowest BCUT2D eigenvalue weighted by atomic mass is 10.1. The highest BCUT2D eigenvalue weighted by atomic mass is 79.9. The molecular formula is C22H26BrN3O. The second-order valence-corrected chi connectivity index (χ2v) is 7.85. The first-order chi connectivity index (χ1) is 12.8. The van der Waals surface area contributed by atoms with E-state index in [-0.39, 0.29) is 11.9 Å². The van der Waals surface area contributed by atoms with Gasteiger partial charge in [0.05, 0.1) is 11.7 Å². The van der Waals surface area contributed by atoms with Crippen molar-refractivity contribution >= 4 is 39.2 Å². The highest BCUT2D eigenvalue weighted by Crippen LogP contribution is 2.36. The lowest BCUT2D eigenvalue weighted by molar-refractivity contribution is -0.115. The number of nitrogens with zero attached hydrogens (tertiary/aromatic N) is 3. The molecule has 0 saturated carbocycles. The van der Waals surface area contributed by atoms with Gasteiger partial charge < -0.3 is 9.80 Å². The van der Waals surface area contributed by atoms with Crippen molar-refractivity contribution in [2.75, 3.05) is 21.7 Å². The molecule has 1 amide bonds. The fourth-order valence-electron chi connectivity index (χ4n) is 3.93. The van der Waals surface area contributed by atoms with E-state index in [9.17, 15) is 4.79 Å². The molecule has 5 heteroatoms. The average molecular weight is 428 g/mol. The van der Waals surface area contributed by atoms with Crippen molar-refractivity contribution in [3.05, 3.63) is 58.7 Å². The minimum absolute atomic E-state index is 0.182. The number of carbonyl (C=O) groups is 1. The van der Waals surface area contributed by atoms with Crippen molar-refractivity contribution in [3.8, 4) is 0 Å². The Morgan fingerprint density at radius 1 is 1.00 bits per heavy atom. The number of carbonyl (C=O) groups excluding carboxylic acids is 1. The van der Waals surface area contributed by atoms with Crippen LogP contribution in [0.1, 0.15) is 29.2 Å². The quantitative estimate of drug-likeness (QED) is 0.652. The summed E-state index contributed by atoms with van der Waals surface area (Å²) in [7, 11) is 0. The van der Waals surface area contributed by atoms with Crippen LogP contribution >= 0.6 is 15.9 Å². The summed E-state index contributed by atoms with van der Waals surface area (Å²) in [6, 6.07) is 12.8. The summed E-state index contributed by atoms with van der Waals surface area (Å²) >= 11 is 3.69.